The monoisotopic (exact) mass is 566 g/mol. The summed E-state index contributed by atoms with van der Waals surface area (Å²) >= 11 is 12.2. The van der Waals surface area contributed by atoms with Crippen molar-refractivity contribution in [3.8, 4) is 11.1 Å². The zero-order valence-corrected chi connectivity index (χ0v) is 22.8. The van der Waals surface area contributed by atoms with E-state index in [1.807, 2.05) is 66.7 Å². The number of hydrazone groups is 1. The molecule has 2 heterocycles. The average Bonchev–Trinajstić information content (AvgIpc) is 3.41. The van der Waals surface area contributed by atoms with Crippen LogP contribution in [0.2, 0.25) is 5.02 Å². The zero-order chi connectivity index (χ0) is 27.6. The summed E-state index contributed by atoms with van der Waals surface area (Å²) in [4.78, 5) is 16.7. The Morgan fingerprint density at radius 1 is 0.975 bits per heavy atom. The van der Waals surface area contributed by atoms with Gasteiger partial charge in [0.05, 0.1) is 17.3 Å². The zero-order valence-electron chi connectivity index (χ0n) is 21.3. The van der Waals surface area contributed by atoms with Gasteiger partial charge in [0.1, 0.15) is 5.82 Å². The molecule has 40 heavy (non-hydrogen) atoms. The van der Waals surface area contributed by atoms with Crippen LogP contribution in [-0.4, -0.2) is 20.8 Å². The molecule has 0 saturated carbocycles. The lowest BCUT2D eigenvalue weighted by Crippen LogP contribution is -2.36. The molecule has 0 unspecified atom stereocenters. The van der Waals surface area contributed by atoms with E-state index in [0.717, 1.165) is 22.1 Å². The molecular formula is C32H24ClFN4OS. The number of pyridine rings is 1. The number of fused-ring (bicyclic) bond motifs is 1. The van der Waals surface area contributed by atoms with Gasteiger partial charge in [-0.3, -0.25) is 4.79 Å². The third kappa shape index (κ3) is 5.01. The van der Waals surface area contributed by atoms with Gasteiger partial charge in [0.2, 0.25) is 0 Å². The van der Waals surface area contributed by atoms with Crippen molar-refractivity contribution in [1.29, 1.82) is 0 Å². The minimum atomic E-state index is -0.537. The van der Waals surface area contributed by atoms with Gasteiger partial charge in [0.15, 0.2) is 5.11 Å². The van der Waals surface area contributed by atoms with Crippen LogP contribution < -0.4 is 10.9 Å². The van der Waals surface area contributed by atoms with E-state index >= 15 is 4.39 Å². The van der Waals surface area contributed by atoms with Gasteiger partial charge in [-0.05, 0) is 47.6 Å². The van der Waals surface area contributed by atoms with Crippen LogP contribution in [0.1, 0.15) is 29.2 Å². The first kappa shape index (κ1) is 25.9. The smallest absolute Gasteiger partial charge is 0.258 e. The molecule has 0 saturated heterocycles. The molecule has 0 bridgehead atoms. The molecule has 1 aliphatic heterocycles. The fraction of sp³-hybridized carbons (Fsp3) is 0.0938. The van der Waals surface area contributed by atoms with Crippen molar-refractivity contribution in [1.82, 2.24) is 15.3 Å². The molecule has 6 rings (SSSR count). The van der Waals surface area contributed by atoms with Crippen LogP contribution in [0.5, 0.6) is 0 Å². The number of nitrogens with zero attached hydrogens (tertiary/aromatic N) is 2. The molecule has 8 heteroatoms. The Bertz CT molecular complexity index is 1810. The third-order valence-electron chi connectivity index (χ3n) is 7.00. The topological polar surface area (TPSA) is 60.5 Å². The van der Waals surface area contributed by atoms with Crippen LogP contribution in [0.4, 0.5) is 4.39 Å². The summed E-state index contributed by atoms with van der Waals surface area (Å²) < 4.78 is 15.1. The summed E-state index contributed by atoms with van der Waals surface area (Å²) in [6, 6.07) is 30.9. The Morgan fingerprint density at radius 2 is 1.68 bits per heavy atom. The van der Waals surface area contributed by atoms with Crippen molar-refractivity contribution in [2.75, 3.05) is 0 Å². The molecule has 0 amide bonds. The molecule has 5 aromatic rings. The fourth-order valence-electron chi connectivity index (χ4n) is 5.14. The van der Waals surface area contributed by atoms with Gasteiger partial charge in [0, 0.05) is 40.0 Å². The van der Waals surface area contributed by atoms with E-state index in [9.17, 15) is 4.79 Å². The van der Waals surface area contributed by atoms with Crippen molar-refractivity contribution < 1.29 is 4.39 Å². The van der Waals surface area contributed by atoms with Gasteiger partial charge in [-0.2, -0.15) is 5.10 Å². The number of hydrogen-bond donors (Lipinski definition) is 2. The number of H-pyrrole nitrogens is 1. The molecule has 1 aliphatic rings. The third-order valence-corrected chi connectivity index (χ3v) is 7.56. The second-order valence-corrected chi connectivity index (χ2v) is 10.4. The van der Waals surface area contributed by atoms with E-state index in [-0.39, 0.29) is 17.8 Å². The summed E-state index contributed by atoms with van der Waals surface area (Å²) in [5, 5.41) is 11.4. The van der Waals surface area contributed by atoms with Crippen molar-refractivity contribution in [3.05, 3.63) is 141 Å². The van der Waals surface area contributed by atoms with Gasteiger partial charge in [0.25, 0.3) is 5.56 Å². The Hall–Kier alpha value is -4.33. The number of benzene rings is 4. The van der Waals surface area contributed by atoms with Gasteiger partial charge >= 0.3 is 0 Å². The van der Waals surface area contributed by atoms with Gasteiger partial charge in [-0.15, -0.1) is 0 Å². The Balaban J connectivity index is 1.49. The summed E-state index contributed by atoms with van der Waals surface area (Å²) in [7, 11) is 0. The molecule has 1 aromatic heterocycles. The van der Waals surface area contributed by atoms with E-state index < -0.39 is 6.04 Å². The van der Waals surface area contributed by atoms with Crippen LogP contribution >= 0.6 is 23.8 Å². The molecule has 0 radical (unpaired) electrons. The lowest BCUT2D eigenvalue weighted by atomic mass is 9.91. The minimum absolute atomic E-state index is 0.281. The Morgan fingerprint density at radius 3 is 2.42 bits per heavy atom. The number of nitrogens with one attached hydrogen (secondary N) is 2. The molecule has 2 N–H and O–H groups in total. The van der Waals surface area contributed by atoms with Crippen molar-refractivity contribution >= 4 is 45.5 Å². The summed E-state index contributed by atoms with van der Waals surface area (Å²) in [6.07, 6.45) is 0.281. The van der Waals surface area contributed by atoms with E-state index in [1.165, 1.54) is 6.07 Å². The van der Waals surface area contributed by atoms with E-state index in [1.54, 1.807) is 35.3 Å². The highest BCUT2D eigenvalue weighted by Gasteiger charge is 2.35. The highest BCUT2D eigenvalue weighted by Crippen LogP contribution is 2.38. The number of rotatable bonds is 5. The molecule has 198 valence electrons. The summed E-state index contributed by atoms with van der Waals surface area (Å²) in [6.45, 7) is 0.481. The second-order valence-electron chi connectivity index (χ2n) is 9.54. The standard InChI is InChI=1S/C32H24ClFN4OS/c33-22-15-16-26-24(17-22)29(21-11-5-2-6-12-21)30(31(39)36-26)27-18-28(23-13-7-8-14-25(23)34)38(37-27)32(40)35-19-20-9-3-1-4-10-20/h1-17,28H,18-19H2,(H,35,40)(H,36,39)/t28-/m0/s1. The molecule has 4 aromatic carbocycles. The Labute approximate surface area is 240 Å². The average molecular weight is 567 g/mol. The van der Waals surface area contributed by atoms with E-state index in [4.69, 9.17) is 28.9 Å². The quantitative estimate of drug-likeness (QED) is 0.221. The molecule has 5 nitrogen and oxygen atoms in total. The van der Waals surface area contributed by atoms with Gasteiger partial charge in [-0.25, -0.2) is 9.40 Å². The summed E-state index contributed by atoms with van der Waals surface area (Å²) in [5.74, 6) is -0.359. The number of hydrogen-bond acceptors (Lipinski definition) is 3. The van der Waals surface area contributed by atoms with Crippen LogP contribution in [-0.2, 0) is 6.54 Å². The highest BCUT2D eigenvalue weighted by atomic mass is 35.5. The maximum atomic E-state index is 15.1. The molecule has 0 fully saturated rings. The molecule has 1 atom stereocenters. The number of aromatic amines is 1. The number of thiocarbonyl (C=S) groups is 1. The first-order valence-corrected chi connectivity index (χ1v) is 13.6. The predicted molar refractivity (Wildman–Crippen MR) is 163 cm³/mol. The maximum absolute atomic E-state index is 15.1. The lowest BCUT2D eigenvalue weighted by Gasteiger charge is -2.25. The molecule has 0 aliphatic carbocycles. The van der Waals surface area contributed by atoms with E-state index in [2.05, 4.69) is 10.3 Å². The van der Waals surface area contributed by atoms with Crippen molar-refractivity contribution in [2.45, 2.75) is 19.0 Å². The predicted octanol–water partition coefficient (Wildman–Crippen LogP) is 7.21. The van der Waals surface area contributed by atoms with Crippen LogP contribution in [0.25, 0.3) is 22.0 Å². The van der Waals surface area contributed by atoms with Crippen LogP contribution in [0, 0.1) is 5.82 Å². The van der Waals surface area contributed by atoms with Crippen LogP contribution in [0.3, 0.4) is 0 Å². The van der Waals surface area contributed by atoms with Gasteiger partial charge < -0.3 is 10.3 Å². The normalized spacial score (nSPS) is 14.8. The fourth-order valence-corrected chi connectivity index (χ4v) is 5.55. The number of halogens is 2. The largest absolute Gasteiger partial charge is 0.357 e. The molecular weight excluding hydrogens is 543 g/mol. The van der Waals surface area contributed by atoms with Crippen molar-refractivity contribution in [2.24, 2.45) is 5.10 Å². The van der Waals surface area contributed by atoms with E-state index in [0.29, 0.717) is 39.0 Å². The SMILES string of the molecule is O=c1[nH]c2ccc(Cl)cc2c(-c2ccccc2)c1C1=NN(C(=S)NCc2ccccc2)[C@H](c2ccccc2F)C1. The second kappa shape index (κ2) is 11.0. The first-order chi connectivity index (χ1) is 19.5. The summed E-state index contributed by atoms with van der Waals surface area (Å²) in [5.41, 5.74) is 4.37. The maximum Gasteiger partial charge on any atom is 0.258 e. The van der Waals surface area contributed by atoms with Crippen LogP contribution in [0.15, 0.2) is 113 Å². The lowest BCUT2D eigenvalue weighted by molar-refractivity contribution is 0.353. The van der Waals surface area contributed by atoms with Gasteiger partial charge in [-0.1, -0.05) is 90.5 Å². The minimum Gasteiger partial charge on any atom is -0.357 e. The highest BCUT2D eigenvalue weighted by molar-refractivity contribution is 7.80. The number of aromatic nitrogens is 1. The van der Waals surface area contributed by atoms with Crippen molar-refractivity contribution in [3.63, 3.8) is 0 Å². The first-order valence-electron chi connectivity index (χ1n) is 12.8. The molecule has 0 spiro atoms. The Kier molecular flexibility index (Phi) is 7.15.